The molecule has 0 spiro atoms. The fourth-order valence-electron chi connectivity index (χ4n) is 2.49. The lowest BCUT2D eigenvalue weighted by molar-refractivity contribution is 0.600. The summed E-state index contributed by atoms with van der Waals surface area (Å²) in [5, 5.41) is 0. The van der Waals surface area contributed by atoms with E-state index in [0.29, 0.717) is 0 Å². The molecule has 2 nitrogen and oxygen atoms in total. The predicted octanol–water partition coefficient (Wildman–Crippen LogP) is 3.40. The molecule has 2 N–H and O–H groups in total. The van der Waals surface area contributed by atoms with Crippen molar-refractivity contribution in [3.8, 4) is 0 Å². The number of hydrogen-bond acceptors (Lipinski definition) is 3. The smallest absolute Gasteiger partial charge is 0.0702 e. The lowest BCUT2D eigenvalue weighted by atomic mass is 9.98. The number of benzene rings is 1. The normalized spacial score (nSPS) is 18.8. The third-order valence-electron chi connectivity index (χ3n) is 3.24. The highest BCUT2D eigenvalue weighted by Gasteiger charge is 2.21. The van der Waals surface area contributed by atoms with Gasteiger partial charge in [-0.3, -0.25) is 0 Å². The summed E-state index contributed by atoms with van der Waals surface area (Å²) in [5.41, 5.74) is 8.86. The summed E-state index contributed by atoms with van der Waals surface area (Å²) in [7, 11) is 0. The monoisotopic (exact) mass is 322 g/mol. The summed E-state index contributed by atoms with van der Waals surface area (Å²) < 4.78 is 1.19. The molecule has 1 aliphatic heterocycles. The SMILES string of the molecule is NC1Cc2ccccc2N(Cc2ccc(Br)s2)C1. The quantitative estimate of drug-likeness (QED) is 0.918. The van der Waals surface area contributed by atoms with Crippen molar-refractivity contribution in [2.45, 2.75) is 19.0 Å². The van der Waals surface area contributed by atoms with E-state index in [4.69, 9.17) is 5.73 Å². The van der Waals surface area contributed by atoms with E-state index in [9.17, 15) is 0 Å². The summed E-state index contributed by atoms with van der Waals surface area (Å²) in [4.78, 5) is 3.76. The average molecular weight is 323 g/mol. The molecule has 1 aliphatic rings. The maximum atomic E-state index is 6.15. The zero-order chi connectivity index (χ0) is 12.5. The number of anilines is 1. The number of nitrogens with zero attached hydrogens (tertiary/aromatic N) is 1. The maximum Gasteiger partial charge on any atom is 0.0702 e. The van der Waals surface area contributed by atoms with Gasteiger partial charge in [0, 0.05) is 23.2 Å². The number of thiophene rings is 1. The van der Waals surface area contributed by atoms with Crippen LogP contribution in [0.15, 0.2) is 40.2 Å². The Balaban J connectivity index is 1.88. The van der Waals surface area contributed by atoms with E-state index in [1.54, 1.807) is 11.3 Å². The van der Waals surface area contributed by atoms with Crippen LogP contribution in [0.4, 0.5) is 5.69 Å². The number of fused-ring (bicyclic) bond motifs is 1. The first-order valence-corrected chi connectivity index (χ1v) is 7.66. The van der Waals surface area contributed by atoms with Crippen LogP contribution >= 0.6 is 27.3 Å². The molecule has 0 bridgehead atoms. The Kier molecular flexibility index (Phi) is 3.41. The number of halogens is 1. The molecule has 0 aliphatic carbocycles. The Morgan fingerprint density at radius 3 is 2.89 bits per heavy atom. The standard InChI is InChI=1S/C14H15BrN2S/c15-14-6-5-12(18-14)9-17-8-11(16)7-10-3-1-2-4-13(10)17/h1-6,11H,7-9,16H2. The Morgan fingerprint density at radius 1 is 1.28 bits per heavy atom. The van der Waals surface area contributed by atoms with Gasteiger partial charge in [-0.15, -0.1) is 11.3 Å². The van der Waals surface area contributed by atoms with Crippen LogP contribution in [0.1, 0.15) is 10.4 Å². The minimum atomic E-state index is 0.239. The Bertz CT molecular complexity index is 552. The molecule has 18 heavy (non-hydrogen) atoms. The van der Waals surface area contributed by atoms with Gasteiger partial charge in [0.25, 0.3) is 0 Å². The van der Waals surface area contributed by atoms with Crippen molar-refractivity contribution >= 4 is 33.0 Å². The molecule has 0 radical (unpaired) electrons. The first-order valence-electron chi connectivity index (χ1n) is 6.05. The zero-order valence-corrected chi connectivity index (χ0v) is 12.4. The van der Waals surface area contributed by atoms with E-state index in [0.717, 1.165) is 19.5 Å². The lowest BCUT2D eigenvalue weighted by Gasteiger charge is -2.34. The van der Waals surface area contributed by atoms with Crippen molar-refractivity contribution < 1.29 is 0 Å². The fraction of sp³-hybridized carbons (Fsp3) is 0.286. The molecule has 1 aromatic heterocycles. The van der Waals surface area contributed by atoms with Gasteiger partial charge in [-0.25, -0.2) is 0 Å². The molecule has 0 saturated carbocycles. The van der Waals surface area contributed by atoms with Gasteiger partial charge >= 0.3 is 0 Å². The van der Waals surface area contributed by atoms with Crippen LogP contribution in [0.3, 0.4) is 0 Å². The highest BCUT2D eigenvalue weighted by atomic mass is 79.9. The highest BCUT2D eigenvalue weighted by Crippen LogP contribution is 2.30. The molecular formula is C14H15BrN2S. The minimum Gasteiger partial charge on any atom is -0.365 e. The van der Waals surface area contributed by atoms with Gasteiger partial charge in [-0.1, -0.05) is 18.2 Å². The summed E-state index contributed by atoms with van der Waals surface area (Å²) in [5.74, 6) is 0. The van der Waals surface area contributed by atoms with Crippen LogP contribution in [0.25, 0.3) is 0 Å². The van der Waals surface area contributed by atoms with Crippen LogP contribution in [0.5, 0.6) is 0 Å². The Morgan fingerprint density at radius 2 is 2.11 bits per heavy atom. The molecular weight excluding hydrogens is 308 g/mol. The van der Waals surface area contributed by atoms with E-state index in [-0.39, 0.29) is 6.04 Å². The van der Waals surface area contributed by atoms with Gasteiger partial charge in [0.2, 0.25) is 0 Å². The highest BCUT2D eigenvalue weighted by molar-refractivity contribution is 9.11. The Hall–Kier alpha value is -0.840. The maximum absolute atomic E-state index is 6.15. The third kappa shape index (κ3) is 2.46. The molecule has 2 heterocycles. The number of para-hydroxylation sites is 1. The van der Waals surface area contributed by atoms with Gasteiger partial charge in [-0.2, -0.15) is 0 Å². The van der Waals surface area contributed by atoms with Crippen LogP contribution in [0.2, 0.25) is 0 Å². The molecule has 2 aromatic rings. The van der Waals surface area contributed by atoms with E-state index in [1.165, 1.54) is 19.9 Å². The molecule has 4 heteroatoms. The predicted molar refractivity (Wildman–Crippen MR) is 81.2 cm³/mol. The van der Waals surface area contributed by atoms with Crippen molar-refractivity contribution in [1.82, 2.24) is 0 Å². The summed E-state index contributed by atoms with van der Waals surface area (Å²) in [6.45, 7) is 1.88. The van der Waals surface area contributed by atoms with E-state index in [2.05, 4.69) is 57.2 Å². The van der Waals surface area contributed by atoms with E-state index >= 15 is 0 Å². The lowest BCUT2D eigenvalue weighted by Crippen LogP contribution is -2.42. The first-order chi connectivity index (χ1) is 8.72. The number of hydrogen-bond donors (Lipinski definition) is 1. The number of rotatable bonds is 2. The minimum absolute atomic E-state index is 0.239. The molecule has 1 atom stereocenters. The van der Waals surface area contributed by atoms with Crippen molar-refractivity contribution in [2.24, 2.45) is 5.73 Å². The van der Waals surface area contributed by atoms with Crippen LogP contribution < -0.4 is 10.6 Å². The zero-order valence-electron chi connectivity index (χ0n) is 9.97. The average Bonchev–Trinajstić information content (AvgIpc) is 2.74. The van der Waals surface area contributed by atoms with Crippen molar-refractivity contribution in [1.29, 1.82) is 0 Å². The molecule has 1 aromatic carbocycles. The van der Waals surface area contributed by atoms with Crippen molar-refractivity contribution in [2.75, 3.05) is 11.4 Å². The van der Waals surface area contributed by atoms with E-state index < -0.39 is 0 Å². The summed E-state index contributed by atoms with van der Waals surface area (Å²) >= 11 is 5.31. The van der Waals surface area contributed by atoms with Crippen LogP contribution in [-0.4, -0.2) is 12.6 Å². The fourth-order valence-corrected chi connectivity index (χ4v) is 3.99. The summed E-state index contributed by atoms with van der Waals surface area (Å²) in [6.07, 6.45) is 0.987. The topological polar surface area (TPSA) is 29.3 Å². The summed E-state index contributed by atoms with van der Waals surface area (Å²) in [6, 6.07) is 13.1. The number of nitrogens with two attached hydrogens (primary N) is 1. The molecule has 94 valence electrons. The van der Waals surface area contributed by atoms with Gasteiger partial charge in [0.15, 0.2) is 0 Å². The third-order valence-corrected chi connectivity index (χ3v) is 4.85. The van der Waals surface area contributed by atoms with E-state index in [1.807, 2.05) is 0 Å². The molecule has 1 unspecified atom stereocenters. The van der Waals surface area contributed by atoms with Gasteiger partial charge < -0.3 is 10.6 Å². The second-order valence-corrected chi connectivity index (χ2v) is 7.23. The van der Waals surface area contributed by atoms with Crippen molar-refractivity contribution in [3.63, 3.8) is 0 Å². The second-order valence-electron chi connectivity index (χ2n) is 4.68. The van der Waals surface area contributed by atoms with Gasteiger partial charge in [0.05, 0.1) is 10.3 Å². The largest absolute Gasteiger partial charge is 0.365 e. The van der Waals surface area contributed by atoms with Gasteiger partial charge in [-0.05, 0) is 46.1 Å². The molecule has 0 amide bonds. The van der Waals surface area contributed by atoms with Gasteiger partial charge in [0.1, 0.15) is 0 Å². The van der Waals surface area contributed by atoms with Crippen LogP contribution in [0, 0.1) is 0 Å². The Labute approximate surface area is 120 Å². The molecule has 3 rings (SSSR count). The molecule has 0 saturated heterocycles. The first kappa shape index (κ1) is 12.2. The second kappa shape index (κ2) is 5.03. The molecule has 0 fully saturated rings. The van der Waals surface area contributed by atoms with Crippen molar-refractivity contribution in [3.05, 3.63) is 50.6 Å². The van der Waals surface area contributed by atoms with Crippen LogP contribution in [-0.2, 0) is 13.0 Å².